The second-order valence-corrected chi connectivity index (χ2v) is 4.76. The lowest BCUT2D eigenvalue weighted by molar-refractivity contribution is 0.0697. The zero-order valence-corrected chi connectivity index (χ0v) is 12.2. The van der Waals surface area contributed by atoms with Crippen LogP contribution in [0, 0.1) is 6.92 Å². The van der Waals surface area contributed by atoms with Gasteiger partial charge in [-0.2, -0.15) is 15.0 Å². The Morgan fingerprint density at radius 1 is 1.19 bits per heavy atom. The Bertz CT molecular complexity index is 640. The van der Waals surface area contributed by atoms with Gasteiger partial charge in [-0.15, -0.1) is 0 Å². The summed E-state index contributed by atoms with van der Waals surface area (Å²) in [6.07, 6.45) is 0. The van der Waals surface area contributed by atoms with Crippen molar-refractivity contribution < 1.29 is 9.90 Å². The number of nitrogens with zero attached hydrogens (tertiary/aromatic N) is 4. The summed E-state index contributed by atoms with van der Waals surface area (Å²) in [5.74, 6) is 0.787. The number of aromatic carboxylic acids is 1. The van der Waals surface area contributed by atoms with Gasteiger partial charge in [0.05, 0.1) is 5.56 Å². The van der Waals surface area contributed by atoms with E-state index in [-0.39, 0.29) is 5.56 Å². The zero-order chi connectivity index (χ0) is 15.4. The van der Waals surface area contributed by atoms with Crippen LogP contribution in [-0.2, 0) is 6.54 Å². The number of nitrogens with one attached hydrogen (secondary N) is 1. The van der Waals surface area contributed by atoms with Gasteiger partial charge in [-0.3, -0.25) is 0 Å². The first kappa shape index (κ1) is 14.7. The summed E-state index contributed by atoms with van der Waals surface area (Å²) in [5, 5.41) is 12.0. The van der Waals surface area contributed by atoms with Crippen molar-refractivity contribution in [2.45, 2.75) is 13.5 Å². The van der Waals surface area contributed by atoms with E-state index in [0.29, 0.717) is 24.3 Å². The van der Waals surface area contributed by atoms with Crippen LogP contribution in [0.15, 0.2) is 24.3 Å². The first-order valence-corrected chi connectivity index (χ1v) is 6.42. The van der Waals surface area contributed by atoms with Crippen LogP contribution in [0.5, 0.6) is 0 Å². The molecule has 1 aromatic carbocycles. The number of benzene rings is 1. The molecule has 7 heteroatoms. The molecule has 0 atom stereocenters. The summed E-state index contributed by atoms with van der Waals surface area (Å²) < 4.78 is 0. The number of hydrogen-bond donors (Lipinski definition) is 2. The van der Waals surface area contributed by atoms with Crippen molar-refractivity contribution >= 4 is 17.9 Å². The topological polar surface area (TPSA) is 91.2 Å². The quantitative estimate of drug-likeness (QED) is 0.862. The predicted molar refractivity (Wildman–Crippen MR) is 79.6 cm³/mol. The third-order valence-electron chi connectivity index (χ3n) is 2.79. The van der Waals surface area contributed by atoms with Crippen LogP contribution >= 0.6 is 0 Å². The monoisotopic (exact) mass is 287 g/mol. The molecule has 0 bridgehead atoms. The maximum absolute atomic E-state index is 10.8. The molecular formula is C14H17N5O2. The number of hydrogen-bond acceptors (Lipinski definition) is 6. The number of carboxylic acid groups (broad SMARTS) is 1. The Kier molecular flexibility index (Phi) is 4.32. The molecule has 1 aromatic heterocycles. The van der Waals surface area contributed by atoms with Crippen LogP contribution in [0.3, 0.4) is 0 Å². The molecule has 0 saturated heterocycles. The van der Waals surface area contributed by atoms with E-state index in [2.05, 4.69) is 20.3 Å². The molecule has 2 rings (SSSR count). The molecule has 0 spiro atoms. The average molecular weight is 287 g/mol. The minimum absolute atomic E-state index is 0.268. The average Bonchev–Trinajstić information content (AvgIpc) is 2.45. The van der Waals surface area contributed by atoms with E-state index in [9.17, 15) is 4.79 Å². The maximum atomic E-state index is 10.8. The number of aryl methyl sites for hydroxylation is 1. The Balaban J connectivity index is 2.07. The van der Waals surface area contributed by atoms with Gasteiger partial charge in [-0.1, -0.05) is 12.1 Å². The fraction of sp³-hybridized carbons (Fsp3) is 0.286. The van der Waals surface area contributed by atoms with Gasteiger partial charge < -0.3 is 15.3 Å². The number of anilines is 2. The van der Waals surface area contributed by atoms with E-state index in [0.717, 1.165) is 5.56 Å². The van der Waals surface area contributed by atoms with E-state index in [1.165, 1.54) is 0 Å². The third-order valence-corrected chi connectivity index (χ3v) is 2.79. The molecule has 2 N–H and O–H groups in total. The smallest absolute Gasteiger partial charge is 0.335 e. The Morgan fingerprint density at radius 2 is 1.86 bits per heavy atom. The Hall–Kier alpha value is -2.70. The highest BCUT2D eigenvalue weighted by atomic mass is 16.4. The molecule has 110 valence electrons. The lowest BCUT2D eigenvalue weighted by Crippen LogP contribution is -2.16. The van der Waals surface area contributed by atoms with Crippen LogP contribution in [0.4, 0.5) is 11.9 Å². The molecule has 0 amide bonds. The maximum Gasteiger partial charge on any atom is 0.335 e. The van der Waals surface area contributed by atoms with Crippen molar-refractivity contribution in [2.75, 3.05) is 24.3 Å². The van der Waals surface area contributed by atoms with Gasteiger partial charge in [0.25, 0.3) is 0 Å². The second kappa shape index (κ2) is 6.17. The molecule has 0 saturated carbocycles. The molecular weight excluding hydrogens is 270 g/mol. The largest absolute Gasteiger partial charge is 0.478 e. The van der Waals surface area contributed by atoms with Gasteiger partial charge in [0, 0.05) is 20.6 Å². The predicted octanol–water partition coefficient (Wildman–Crippen LogP) is 1.56. The van der Waals surface area contributed by atoms with E-state index in [1.54, 1.807) is 24.3 Å². The molecule has 21 heavy (non-hydrogen) atoms. The zero-order valence-electron chi connectivity index (χ0n) is 12.2. The summed E-state index contributed by atoms with van der Waals surface area (Å²) in [4.78, 5) is 25.3. The van der Waals surface area contributed by atoms with Gasteiger partial charge in [0.2, 0.25) is 11.9 Å². The number of rotatable bonds is 5. The van der Waals surface area contributed by atoms with Crippen molar-refractivity contribution in [3.63, 3.8) is 0 Å². The molecule has 7 nitrogen and oxygen atoms in total. The van der Waals surface area contributed by atoms with Crippen molar-refractivity contribution in [1.82, 2.24) is 15.0 Å². The van der Waals surface area contributed by atoms with Gasteiger partial charge in [0.1, 0.15) is 5.82 Å². The third kappa shape index (κ3) is 3.88. The fourth-order valence-electron chi connectivity index (χ4n) is 1.69. The lowest BCUT2D eigenvalue weighted by Gasteiger charge is -2.12. The fourth-order valence-corrected chi connectivity index (χ4v) is 1.69. The molecule has 0 aliphatic carbocycles. The Morgan fingerprint density at radius 3 is 2.43 bits per heavy atom. The van der Waals surface area contributed by atoms with E-state index >= 15 is 0 Å². The molecule has 0 aliphatic rings. The van der Waals surface area contributed by atoms with Crippen LogP contribution < -0.4 is 10.2 Å². The van der Waals surface area contributed by atoms with Gasteiger partial charge in [-0.25, -0.2) is 4.79 Å². The molecule has 0 unspecified atom stereocenters. The number of aromatic nitrogens is 3. The van der Waals surface area contributed by atoms with Gasteiger partial charge in [0.15, 0.2) is 0 Å². The highest BCUT2D eigenvalue weighted by Gasteiger charge is 2.06. The molecule has 1 heterocycles. The highest BCUT2D eigenvalue weighted by Crippen LogP contribution is 2.10. The minimum atomic E-state index is -0.932. The van der Waals surface area contributed by atoms with Gasteiger partial charge >= 0.3 is 5.97 Å². The normalized spacial score (nSPS) is 10.2. The second-order valence-electron chi connectivity index (χ2n) is 4.76. The molecule has 2 aromatic rings. The standard InChI is InChI=1S/C14H17N5O2/c1-9-16-13(18-14(17-9)19(2)3)15-8-10-4-6-11(7-5-10)12(20)21/h4-7H,8H2,1-3H3,(H,20,21)(H,15,16,17,18). The summed E-state index contributed by atoms with van der Waals surface area (Å²) in [6, 6.07) is 6.67. The summed E-state index contributed by atoms with van der Waals surface area (Å²) >= 11 is 0. The number of carboxylic acids is 1. The SMILES string of the molecule is Cc1nc(NCc2ccc(C(=O)O)cc2)nc(N(C)C)n1. The van der Waals surface area contributed by atoms with Crippen molar-refractivity contribution in [2.24, 2.45) is 0 Å². The lowest BCUT2D eigenvalue weighted by atomic mass is 10.1. The van der Waals surface area contributed by atoms with Crippen LogP contribution in [0.1, 0.15) is 21.7 Å². The summed E-state index contributed by atoms with van der Waals surface area (Å²) in [6.45, 7) is 2.32. The first-order chi connectivity index (χ1) is 9.95. The summed E-state index contributed by atoms with van der Waals surface area (Å²) in [5.41, 5.74) is 1.22. The van der Waals surface area contributed by atoms with Gasteiger partial charge in [-0.05, 0) is 24.6 Å². The number of carbonyl (C=O) groups is 1. The van der Waals surface area contributed by atoms with Crippen LogP contribution in [0.25, 0.3) is 0 Å². The molecule has 0 fully saturated rings. The Labute approximate surface area is 122 Å². The van der Waals surface area contributed by atoms with E-state index < -0.39 is 5.97 Å². The van der Waals surface area contributed by atoms with Crippen LogP contribution in [-0.4, -0.2) is 40.1 Å². The van der Waals surface area contributed by atoms with E-state index in [1.807, 2.05) is 25.9 Å². The molecule has 0 radical (unpaired) electrons. The molecule has 0 aliphatic heterocycles. The van der Waals surface area contributed by atoms with Crippen molar-refractivity contribution in [1.29, 1.82) is 0 Å². The minimum Gasteiger partial charge on any atom is -0.478 e. The first-order valence-electron chi connectivity index (χ1n) is 6.42. The van der Waals surface area contributed by atoms with Crippen LogP contribution in [0.2, 0.25) is 0 Å². The highest BCUT2D eigenvalue weighted by molar-refractivity contribution is 5.87. The van der Waals surface area contributed by atoms with E-state index in [4.69, 9.17) is 5.11 Å². The van der Waals surface area contributed by atoms with Crippen molar-refractivity contribution in [3.8, 4) is 0 Å². The summed E-state index contributed by atoms with van der Waals surface area (Å²) in [7, 11) is 3.73. The van der Waals surface area contributed by atoms with Crippen molar-refractivity contribution in [3.05, 3.63) is 41.2 Å².